The van der Waals surface area contributed by atoms with Gasteiger partial charge in [-0.1, -0.05) is 12.1 Å². The van der Waals surface area contributed by atoms with E-state index in [4.69, 9.17) is 17.2 Å². The molecule has 0 aliphatic heterocycles. The normalized spacial score (nSPS) is 12.5. The van der Waals surface area contributed by atoms with Crippen molar-refractivity contribution in [2.45, 2.75) is 13.0 Å². The fourth-order valence-corrected chi connectivity index (χ4v) is 3.52. The Hall–Kier alpha value is -4.21. The molecule has 2 aromatic heterocycles. The molecule has 1 atom stereocenters. The van der Waals surface area contributed by atoms with Crippen molar-refractivity contribution in [2.75, 3.05) is 16.8 Å². The number of halogens is 2. The van der Waals surface area contributed by atoms with E-state index in [9.17, 15) is 8.78 Å². The van der Waals surface area contributed by atoms with Crippen LogP contribution in [-0.4, -0.2) is 19.9 Å². The third kappa shape index (κ3) is 3.70. The van der Waals surface area contributed by atoms with Crippen LogP contribution >= 0.6 is 0 Å². The molecule has 4 rings (SSSR count). The first kappa shape index (κ1) is 20.1. The van der Waals surface area contributed by atoms with Gasteiger partial charge in [0.25, 0.3) is 0 Å². The number of nitrogens with zero attached hydrogens (tertiary/aromatic N) is 3. The Morgan fingerprint density at radius 1 is 1.16 bits per heavy atom. The maximum atomic E-state index is 14.9. The first-order valence-electron chi connectivity index (χ1n) is 9.38. The van der Waals surface area contributed by atoms with Gasteiger partial charge in [0.2, 0.25) is 5.95 Å². The van der Waals surface area contributed by atoms with Crippen molar-refractivity contribution in [1.82, 2.24) is 19.9 Å². The summed E-state index contributed by atoms with van der Waals surface area (Å²) < 4.78 is 28.9. The van der Waals surface area contributed by atoms with Gasteiger partial charge >= 0.3 is 0 Å². The zero-order chi connectivity index (χ0) is 22.1. The van der Waals surface area contributed by atoms with Crippen LogP contribution in [0.4, 0.5) is 26.2 Å². The second kappa shape index (κ2) is 7.90. The number of benzene rings is 2. The number of aromatic nitrogens is 4. The van der Waals surface area contributed by atoms with Crippen molar-refractivity contribution >= 4 is 34.7 Å². The molecule has 4 aromatic rings. The van der Waals surface area contributed by atoms with Crippen LogP contribution in [-0.2, 0) is 0 Å². The van der Waals surface area contributed by atoms with Crippen molar-refractivity contribution in [3.63, 3.8) is 0 Å². The lowest BCUT2D eigenvalue weighted by atomic mass is 9.91. The number of nitrogens with two attached hydrogens (primary N) is 3. The van der Waals surface area contributed by atoms with E-state index in [0.717, 1.165) is 0 Å². The molecular formula is C21H20F2N8. The van der Waals surface area contributed by atoms with Crippen LogP contribution in [0.2, 0.25) is 0 Å². The summed E-state index contributed by atoms with van der Waals surface area (Å²) in [5, 5.41) is 3.20. The molecule has 10 heteroatoms. The predicted octanol–water partition coefficient (Wildman–Crippen LogP) is 3.57. The van der Waals surface area contributed by atoms with Crippen LogP contribution in [0, 0.1) is 11.6 Å². The lowest BCUT2D eigenvalue weighted by Gasteiger charge is -2.22. The second-order valence-electron chi connectivity index (χ2n) is 6.92. The fourth-order valence-electron chi connectivity index (χ4n) is 3.52. The van der Waals surface area contributed by atoms with Gasteiger partial charge < -0.3 is 27.5 Å². The highest BCUT2D eigenvalue weighted by atomic mass is 19.1. The molecule has 0 fully saturated rings. The molecule has 0 saturated heterocycles. The second-order valence-corrected chi connectivity index (χ2v) is 6.92. The summed E-state index contributed by atoms with van der Waals surface area (Å²) in [6.07, 6.45) is 4.04. The highest BCUT2D eigenvalue weighted by molar-refractivity contribution is 5.87. The number of rotatable bonds is 5. The van der Waals surface area contributed by atoms with E-state index in [0.29, 0.717) is 33.7 Å². The third-order valence-electron chi connectivity index (χ3n) is 4.89. The molecule has 8 nitrogen and oxygen atoms in total. The van der Waals surface area contributed by atoms with Gasteiger partial charge in [-0.2, -0.15) is 9.97 Å². The summed E-state index contributed by atoms with van der Waals surface area (Å²) in [6.45, 7) is 1.80. The molecule has 31 heavy (non-hydrogen) atoms. The highest BCUT2D eigenvalue weighted by Gasteiger charge is 2.22. The molecule has 0 radical (unpaired) electrons. The molecule has 0 aliphatic rings. The molecule has 0 amide bonds. The Morgan fingerprint density at radius 3 is 2.71 bits per heavy atom. The average Bonchev–Trinajstić information content (AvgIpc) is 3.19. The Balaban J connectivity index is 1.87. The van der Waals surface area contributed by atoms with Gasteiger partial charge in [0.15, 0.2) is 11.5 Å². The molecule has 2 heterocycles. The fraction of sp³-hybridized carbons (Fsp3) is 0.0952. The van der Waals surface area contributed by atoms with Gasteiger partial charge in [-0.15, -0.1) is 0 Å². The van der Waals surface area contributed by atoms with E-state index in [1.54, 1.807) is 19.1 Å². The standard InChI is InChI=1S/C21H20F2N8/c1-10(29-20-18-19(28-9-27-18)30-21(26)31-20)14-8-15(23)13(5-6-24)17(25)16(14)11-3-2-4-12(22)7-11/h2-10H,24-25H2,1H3,(H4,26,27,28,29,30,31)/b6-5-. The molecule has 1 unspecified atom stereocenters. The van der Waals surface area contributed by atoms with E-state index in [-0.39, 0.29) is 17.2 Å². The average molecular weight is 422 g/mol. The van der Waals surface area contributed by atoms with E-state index in [1.165, 1.54) is 36.8 Å². The Kier molecular flexibility index (Phi) is 5.12. The summed E-state index contributed by atoms with van der Waals surface area (Å²) in [5.74, 6) is -0.570. The summed E-state index contributed by atoms with van der Waals surface area (Å²) in [4.78, 5) is 15.3. The van der Waals surface area contributed by atoms with Gasteiger partial charge in [-0.05, 0) is 48.5 Å². The number of hydrogen-bond donors (Lipinski definition) is 5. The molecule has 8 N–H and O–H groups in total. The number of nitrogens with one attached hydrogen (secondary N) is 2. The number of fused-ring (bicyclic) bond motifs is 1. The highest BCUT2D eigenvalue weighted by Crippen LogP contribution is 2.39. The Labute approximate surface area is 176 Å². The van der Waals surface area contributed by atoms with Crippen LogP contribution in [0.1, 0.15) is 24.1 Å². The van der Waals surface area contributed by atoms with Crippen LogP contribution in [0.3, 0.4) is 0 Å². The summed E-state index contributed by atoms with van der Waals surface area (Å²) in [6, 6.07) is 6.78. The molecule has 158 valence electrons. The Morgan fingerprint density at radius 2 is 1.97 bits per heavy atom. The number of nitrogen functional groups attached to an aromatic ring is 2. The van der Waals surface area contributed by atoms with E-state index in [1.807, 2.05) is 0 Å². The largest absolute Gasteiger partial charge is 0.405 e. The van der Waals surface area contributed by atoms with Crippen molar-refractivity contribution in [3.8, 4) is 11.1 Å². The number of imidazole rings is 1. The maximum absolute atomic E-state index is 14.9. The number of H-pyrrole nitrogens is 1. The molecule has 0 aliphatic carbocycles. The van der Waals surface area contributed by atoms with Crippen molar-refractivity contribution in [1.29, 1.82) is 0 Å². The molecule has 2 aromatic carbocycles. The Bertz CT molecular complexity index is 1300. The smallest absolute Gasteiger partial charge is 0.224 e. The zero-order valence-corrected chi connectivity index (χ0v) is 16.5. The third-order valence-corrected chi connectivity index (χ3v) is 4.89. The summed E-state index contributed by atoms with van der Waals surface area (Å²) in [5.41, 5.74) is 20.3. The van der Waals surface area contributed by atoms with Crippen LogP contribution < -0.4 is 22.5 Å². The SMILES string of the molecule is CC(Nc1nc(N)nc2nc[nH]c12)c1cc(F)c(/C=C\N)c(N)c1-c1cccc(F)c1. The molecular weight excluding hydrogens is 402 g/mol. The first-order valence-corrected chi connectivity index (χ1v) is 9.38. The zero-order valence-electron chi connectivity index (χ0n) is 16.5. The van der Waals surface area contributed by atoms with Gasteiger partial charge in [-0.3, -0.25) is 0 Å². The van der Waals surface area contributed by atoms with Gasteiger partial charge in [0.1, 0.15) is 17.2 Å². The maximum Gasteiger partial charge on any atom is 0.224 e. The minimum Gasteiger partial charge on any atom is -0.405 e. The molecule has 0 bridgehead atoms. The minimum atomic E-state index is -0.558. The monoisotopic (exact) mass is 422 g/mol. The number of aromatic amines is 1. The van der Waals surface area contributed by atoms with Crippen LogP contribution in [0.25, 0.3) is 28.4 Å². The van der Waals surface area contributed by atoms with Gasteiger partial charge in [0.05, 0.1) is 18.1 Å². The van der Waals surface area contributed by atoms with E-state index >= 15 is 0 Å². The van der Waals surface area contributed by atoms with E-state index < -0.39 is 17.7 Å². The summed E-state index contributed by atoms with van der Waals surface area (Å²) >= 11 is 0. The topological polar surface area (TPSA) is 145 Å². The van der Waals surface area contributed by atoms with Crippen LogP contribution in [0.5, 0.6) is 0 Å². The molecule has 0 spiro atoms. The van der Waals surface area contributed by atoms with Crippen molar-refractivity contribution in [3.05, 3.63) is 65.6 Å². The predicted molar refractivity (Wildman–Crippen MR) is 118 cm³/mol. The quantitative estimate of drug-likeness (QED) is 0.309. The summed E-state index contributed by atoms with van der Waals surface area (Å²) in [7, 11) is 0. The number of hydrogen-bond acceptors (Lipinski definition) is 7. The lowest BCUT2D eigenvalue weighted by Crippen LogP contribution is -2.13. The lowest BCUT2D eigenvalue weighted by molar-refractivity contribution is 0.622. The minimum absolute atomic E-state index is 0.0359. The first-order chi connectivity index (χ1) is 14.9. The van der Waals surface area contributed by atoms with E-state index in [2.05, 4.69) is 25.3 Å². The van der Waals surface area contributed by atoms with Gasteiger partial charge in [-0.25, -0.2) is 13.8 Å². The van der Waals surface area contributed by atoms with Crippen molar-refractivity contribution in [2.24, 2.45) is 5.73 Å². The van der Waals surface area contributed by atoms with Gasteiger partial charge in [0, 0.05) is 11.1 Å². The number of anilines is 3. The van der Waals surface area contributed by atoms with Crippen LogP contribution in [0.15, 0.2) is 42.9 Å². The van der Waals surface area contributed by atoms with Crippen molar-refractivity contribution < 1.29 is 8.78 Å². The molecule has 0 saturated carbocycles.